The van der Waals surface area contributed by atoms with Gasteiger partial charge in [-0.3, -0.25) is 9.48 Å². The molecule has 0 atom stereocenters. The third-order valence-electron chi connectivity index (χ3n) is 2.36. The Morgan fingerprint density at radius 1 is 1.38 bits per heavy atom. The molecular formula is C12H11FN2O. The van der Waals surface area contributed by atoms with Gasteiger partial charge in [0.15, 0.2) is 0 Å². The maximum Gasteiger partial charge on any atom is 0.211 e. The fourth-order valence-electron chi connectivity index (χ4n) is 1.61. The van der Waals surface area contributed by atoms with Gasteiger partial charge in [0, 0.05) is 18.8 Å². The van der Waals surface area contributed by atoms with Gasteiger partial charge < -0.3 is 0 Å². The lowest BCUT2D eigenvalue weighted by Gasteiger charge is -2.03. The summed E-state index contributed by atoms with van der Waals surface area (Å²) in [4.78, 5) is 12.0. The standard InChI is InChI=1S/C12H11FN2O/c1-8-5-9(7-10(13)6-8)12(16)11-3-4-14-15(11)2/h3-7H,1-2H3. The van der Waals surface area contributed by atoms with Crippen LogP contribution in [0, 0.1) is 12.7 Å². The molecule has 1 aromatic heterocycles. The van der Waals surface area contributed by atoms with Crippen LogP contribution >= 0.6 is 0 Å². The van der Waals surface area contributed by atoms with Crippen molar-refractivity contribution in [1.29, 1.82) is 0 Å². The lowest BCUT2D eigenvalue weighted by Crippen LogP contribution is -2.08. The Labute approximate surface area is 92.5 Å². The maximum atomic E-state index is 13.2. The number of ketones is 1. The van der Waals surface area contributed by atoms with E-state index in [-0.39, 0.29) is 5.78 Å². The summed E-state index contributed by atoms with van der Waals surface area (Å²) < 4.78 is 14.6. The molecule has 0 bridgehead atoms. The molecule has 0 aliphatic heterocycles. The van der Waals surface area contributed by atoms with Gasteiger partial charge in [0.1, 0.15) is 11.5 Å². The van der Waals surface area contributed by atoms with Crippen molar-refractivity contribution in [3.8, 4) is 0 Å². The molecular weight excluding hydrogens is 207 g/mol. The van der Waals surface area contributed by atoms with E-state index in [1.165, 1.54) is 16.8 Å². The highest BCUT2D eigenvalue weighted by Gasteiger charge is 2.13. The highest BCUT2D eigenvalue weighted by atomic mass is 19.1. The molecule has 1 heterocycles. The maximum absolute atomic E-state index is 13.2. The number of rotatable bonds is 2. The van der Waals surface area contributed by atoms with E-state index in [1.54, 1.807) is 32.3 Å². The highest BCUT2D eigenvalue weighted by molar-refractivity contribution is 6.07. The molecule has 0 amide bonds. The molecule has 0 radical (unpaired) electrons. The average Bonchev–Trinajstić information content (AvgIpc) is 2.62. The van der Waals surface area contributed by atoms with E-state index < -0.39 is 5.82 Å². The fraction of sp³-hybridized carbons (Fsp3) is 0.167. The van der Waals surface area contributed by atoms with E-state index in [1.807, 2.05) is 0 Å². The summed E-state index contributed by atoms with van der Waals surface area (Å²) in [7, 11) is 1.68. The number of benzene rings is 1. The first-order valence-electron chi connectivity index (χ1n) is 4.88. The van der Waals surface area contributed by atoms with Gasteiger partial charge in [-0.1, -0.05) is 0 Å². The molecule has 3 nitrogen and oxygen atoms in total. The van der Waals surface area contributed by atoms with Crippen LogP contribution in [0.4, 0.5) is 4.39 Å². The SMILES string of the molecule is Cc1cc(F)cc(C(=O)c2ccnn2C)c1. The van der Waals surface area contributed by atoms with Crippen molar-refractivity contribution >= 4 is 5.78 Å². The van der Waals surface area contributed by atoms with E-state index in [0.717, 1.165) is 5.56 Å². The molecule has 2 rings (SSSR count). The number of carbonyl (C=O) groups excluding carboxylic acids is 1. The Balaban J connectivity index is 2.45. The first kappa shape index (κ1) is 10.5. The molecule has 4 heteroatoms. The van der Waals surface area contributed by atoms with E-state index in [2.05, 4.69) is 5.10 Å². The number of nitrogens with zero attached hydrogens (tertiary/aromatic N) is 2. The lowest BCUT2D eigenvalue weighted by atomic mass is 10.1. The summed E-state index contributed by atoms with van der Waals surface area (Å²) in [6.07, 6.45) is 1.54. The van der Waals surface area contributed by atoms with Crippen LogP contribution in [0.25, 0.3) is 0 Å². The third-order valence-corrected chi connectivity index (χ3v) is 2.36. The van der Waals surface area contributed by atoms with Gasteiger partial charge >= 0.3 is 0 Å². The van der Waals surface area contributed by atoms with Crippen molar-refractivity contribution in [2.75, 3.05) is 0 Å². The summed E-state index contributed by atoms with van der Waals surface area (Å²) in [5.41, 5.74) is 1.52. The summed E-state index contributed by atoms with van der Waals surface area (Å²) in [6.45, 7) is 1.75. The van der Waals surface area contributed by atoms with Crippen molar-refractivity contribution in [2.24, 2.45) is 7.05 Å². The van der Waals surface area contributed by atoms with Gasteiger partial charge in [0.05, 0.1) is 0 Å². The summed E-state index contributed by atoms with van der Waals surface area (Å²) >= 11 is 0. The number of halogens is 1. The van der Waals surface area contributed by atoms with E-state index in [4.69, 9.17) is 0 Å². The second-order valence-corrected chi connectivity index (χ2v) is 3.69. The zero-order valence-corrected chi connectivity index (χ0v) is 9.07. The van der Waals surface area contributed by atoms with Crippen LogP contribution in [0.2, 0.25) is 0 Å². The molecule has 2 aromatic rings. The summed E-state index contributed by atoms with van der Waals surface area (Å²) in [5.74, 6) is -0.617. The van der Waals surface area contributed by atoms with Crippen molar-refractivity contribution in [1.82, 2.24) is 9.78 Å². The molecule has 82 valence electrons. The fourth-order valence-corrected chi connectivity index (χ4v) is 1.61. The molecule has 0 aliphatic carbocycles. The minimum Gasteiger partial charge on any atom is -0.287 e. The molecule has 0 fully saturated rings. The van der Waals surface area contributed by atoms with E-state index in [9.17, 15) is 9.18 Å². The van der Waals surface area contributed by atoms with Gasteiger partial charge in [-0.2, -0.15) is 5.10 Å². The number of aryl methyl sites for hydroxylation is 2. The van der Waals surface area contributed by atoms with Crippen molar-refractivity contribution in [2.45, 2.75) is 6.92 Å². The summed E-state index contributed by atoms with van der Waals surface area (Å²) in [5, 5.41) is 3.91. The smallest absolute Gasteiger partial charge is 0.211 e. The van der Waals surface area contributed by atoms with Gasteiger partial charge in [-0.05, 0) is 36.8 Å². The van der Waals surface area contributed by atoms with Crippen LogP contribution in [0.15, 0.2) is 30.5 Å². The Morgan fingerprint density at radius 2 is 2.12 bits per heavy atom. The number of hydrogen-bond donors (Lipinski definition) is 0. The number of hydrogen-bond acceptors (Lipinski definition) is 2. The lowest BCUT2D eigenvalue weighted by molar-refractivity contribution is 0.102. The Bertz CT molecular complexity index is 525. The van der Waals surface area contributed by atoms with Crippen molar-refractivity contribution in [3.05, 3.63) is 53.1 Å². The van der Waals surface area contributed by atoms with Gasteiger partial charge in [-0.15, -0.1) is 0 Å². The van der Waals surface area contributed by atoms with Gasteiger partial charge in [0.25, 0.3) is 0 Å². The van der Waals surface area contributed by atoms with Crippen molar-refractivity contribution < 1.29 is 9.18 Å². The third kappa shape index (κ3) is 1.86. The van der Waals surface area contributed by atoms with Crippen LogP contribution < -0.4 is 0 Å². The molecule has 0 N–H and O–H groups in total. The quantitative estimate of drug-likeness (QED) is 0.723. The first-order valence-corrected chi connectivity index (χ1v) is 4.88. The van der Waals surface area contributed by atoms with Gasteiger partial charge in [0.2, 0.25) is 5.78 Å². The molecule has 0 saturated heterocycles. The Hall–Kier alpha value is -1.97. The number of aromatic nitrogens is 2. The van der Waals surface area contributed by atoms with Crippen LogP contribution in [0.1, 0.15) is 21.6 Å². The zero-order chi connectivity index (χ0) is 11.7. The Kier molecular flexibility index (Phi) is 2.56. The van der Waals surface area contributed by atoms with Crippen LogP contribution in [-0.2, 0) is 7.05 Å². The topological polar surface area (TPSA) is 34.9 Å². The molecule has 0 spiro atoms. The summed E-state index contributed by atoms with van der Waals surface area (Å²) in [6, 6.07) is 5.91. The first-order chi connectivity index (χ1) is 7.58. The molecule has 0 aliphatic rings. The molecule has 1 aromatic carbocycles. The molecule has 0 saturated carbocycles. The monoisotopic (exact) mass is 218 g/mol. The van der Waals surface area contributed by atoms with Crippen LogP contribution in [0.5, 0.6) is 0 Å². The molecule has 0 unspecified atom stereocenters. The van der Waals surface area contributed by atoms with Crippen LogP contribution in [0.3, 0.4) is 0 Å². The minimum absolute atomic E-state index is 0.220. The highest BCUT2D eigenvalue weighted by Crippen LogP contribution is 2.13. The van der Waals surface area contributed by atoms with Crippen LogP contribution in [-0.4, -0.2) is 15.6 Å². The Morgan fingerprint density at radius 3 is 2.69 bits per heavy atom. The second kappa shape index (κ2) is 3.89. The predicted octanol–water partition coefficient (Wildman–Crippen LogP) is 2.10. The number of carbonyl (C=O) groups is 1. The predicted molar refractivity (Wildman–Crippen MR) is 57.8 cm³/mol. The normalized spacial score (nSPS) is 10.4. The zero-order valence-electron chi connectivity index (χ0n) is 9.07. The largest absolute Gasteiger partial charge is 0.287 e. The average molecular weight is 218 g/mol. The van der Waals surface area contributed by atoms with E-state index in [0.29, 0.717) is 11.3 Å². The van der Waals surface area contributed by atoms with Crippen molar-refractivity contribution in [3.63, 3.8) is 0 Å². The minimum atomic E-state index is -0.398. The van der Waals surface area contributed by atoms with Gasteiger partial charge in [-0.25, -0.2) is 4.39 Å². The second-order valence-electron chi connectivity index (χ2n) is 3.69. The van der Waals surface area contributed by atoms with E-state index >= 15 is 0 Å². The molecule has 16 heavy (non-hydrogen) atoms.